The van der Waals surface area contributed by atoms with Crippen LogP contribution in [0.3, 0.4) is 0 Å². The standard InChI is InChI=1S/C12H25N3O3/c1-7-8-9(10(16)14-15(5)6)13-11(17)18-12(2,3)4/h9H,7-8H2,1-6H3,(H,13,17)(H,14,16). The second-order valence-electron chi connectivity index (χ2n) is 5.36. The topological polar surface area (TPSA) is 70.7 Å². The van der Waals surface area contributed by atoms with E-state index in [2.05, 4.69) is 10.7 Å². The van der Waals surface area contributed by atoms with Crippen molar-refractivity contribution in [1.82, 2.24) is 15.8 Å². The molecule has 0 radical (unpaired) electrons. The summed E-state index contributed by atoms with van der Waals surface area (Å²) in [5.74, 6) is -0.243. The molecule has 0 bridgehead atoms. The highest BCUT2D eigenvalue weighted by molar-refractivity contribution is 5.85. The molecular formula is C12H25N3O3. The predicted octanol–water partition coefficient (Wildman–Crippen LogP) is 1.27. The van der Waals surface area contributed by atoms with Gasteiger partial charge in [-0.05, 0) is 27.2 Å². The van der Waals surface area contributed by atoms with Crippen LogP contribution in [-0.4, -0.2) is 42.7 Å². The summed E-state index contributed by atoms with van der Waals surface area (Å²) in [5.41, 5.74) is 2.05. The molecule has 0 aliphatic rings. The molecule has 6 nitrogen and oxygen atoms in total. The molecule has 18 heavy (non-hydrogen) atoms. The molecule has 0 aliphatic carbocycles. The van der Waals surface area contributed by atoms with Crippen LogP contribution in [0.2, 0.25) is 0 Å². The number of carbonyl (C=O) groups excluding carboxylic acids is 2. The van der Waals surface area contributed by atoms with Crippen LogP contribution in [-0.2, 0) is 9.53 Å². The van der Waals surface area contributed by atoms with Crippen molar-refractivity contribution in [1.29, 1.82) is 0 Å². The smallest absolute Gasteiger partial charge is 0.408 e. The monoisotopic (exact) mass is 259 g/mol. The minimum atomic E-state index is -0.577. The van der Waals surface area contributed by atoms with Crippen LogP contribution < -0.4 is 10.7 Å². The van der Waals surface area contributed by atoms with E-state index in [1.165, 1.54) is 0 Å². The van der Waals surface area contributed by atoms with Crippen molar-refractivity contribution in [2.75, 3.05) is 14.1 Å². The average Bonchev–Trinajstić information content (AvgIpc) is 2.12. The van der Waals surface area contributed by atoms with Crippen LogP contribution in [0, 0.1) is 0 Å². The third-order valence-electron chi connectivity index (χ3n) is 1.92. The zero-order chi connectivity index (χ0) is 14.3. The van der Waals surface area contributed by atoms with Crippen molar-refractivity contribution < 1.29 is 14.3 Å². The molecule has 0 heterocycles. The summed E-state index contributed by atoms with van der Waals surface area (Å²) >= 11 is 0. The Morgan fingerprint density at radius 2 is 1.83 bits per heavy atom. The molecule has 1 atom stereocenters. The van der Waals surface area contributed by atoms with Gasteiger partial charge in [0, 0.05) is 14.1 Å². The van der Waals surface area contributed by atoms with Gasteiger partial charge in [-0.2, -0.15) is 0 Å². The molecule has 2 amide bonds. The van der Waals surface area contributed by atoms with Gasteiger partial charge >= 0.3 is 6.09 Å². The Kier molecular flexibility index (Phi) is 6.68. The van der Waals surface area contributed by atoms with Crippen molar-refractivity contribution in [2.24, 2.45) is 0 Å². The Bertz CT molecular complexity index is 285. The van der Waals surface area contributed by atoms with Gasteiger partial charge in [0.25, 0.3) is 5.91 Å². The molecule has 6 heteroatoms. The number of hydrogen-bond donors (Lipinski definition) is 2. The summed E-state index contributed by atoms with van der Waals surface area (Å²) in [6, 6.07) is -0.577. The van der Waals surface area contributed by atoms with Gasteiger partial charge in [0.2, 0.25) is 0 Å². The van der Waals surface area contributed by atoms with Gasteiger partial charge in [0.15, 0.2) is 0 Å². The van der Waals surface area contributed by atoms with E-state index in [4.69, 9.17) is 4.74 Å². The molecule has 0 saturated heterocycles. The molecule has 0 spiro atoms. The number of nitrogens with zero attached hydrogens (tertiary/aromatic N) is 1. The summed E-state index contributed by atoms with van der Waals surface area (Å²) in [6.07, 6.45) is 0.787. The Morgan fingerprint density at radius 1 is 1.28 bits per heavy atom. The lowest BCUT2D eigenvalue weighted by Gasteiger charge is -2.24. The van der Waals surface area contributed by atoms with Gasteiger partial charge < -0.3 is 10.1 Å². The third-order valence-corrected chi connectivity index (χ3v) is 1.92. The van der Waals surface area contributed by atoms with Crippen LogP contribution in [0.25, 0.3) is 0 Å². The van der Waals surface area contributed by atoms with Crippen molar-refractivity contribution in [3.63, 3.8) is 0 Å². The number of alkyl carbamates (subject to hydrolysis) is 1. The number of ether oxygens (including phenoxy) is 1. The normalized spacial score (nSPS) is 13.1. The van der Waals surface area contributed by atoms with Gasteiger partial charge in [-0.1, -0.05) is 13.3 Å². The highest BCUT2D eigenvalue weighted by atomic mass is 16.6. The van der Waals surface area contributed by atoms with Crippen LogP contribution in [0.15, 0.2) is 0 Å². The zero-order valence-corrected chi connectivity index (χ0v) is 12.2. The Labute approximate surface area is 109 Å². The van der Waals surface area contributed by atoms with E-state index in [-0.39, 0.29) is 5.91 Å². The average molecular weight is 259 g/mol. The maximum atomic E-state index is 11.8. The highest BCUT2D eigenvalue weighted by Crippen LogP contribution is 2.07. The molecular weight excluding hydrogens is 234 g/mol. The summed E-state index contributed by atoms with van der Waals surface area (Å²) in [5, 5.41) is 4.12. The van der Waals surface area contributed by atoms with E-state index in [0.29, 0.717) is 6.42 Å². The van der Waals surface area contributed by atoms with Crippen LogP contribution in [0.4, 0.5) is 4.79 Å². The number of rotatable bonds is 5. The maximum Gasteiger partial charge on any atom is 0.408 e. The van der Waals surface area contributed by atoms with Gasteiger partial charge in [-0.15, -0.1) is 0 Å². The minimum absolute atomic E-state index is 0.243. The molecule has 106 valence electrons. The number of hydrazine groups is 1. The van der Waals surface area contributed by atoms with Gasteiger partial charge in [0.1, 0.15) is 11.6 Å². The first-order chi connectivity index (χ1) is 8.15. The second kappa shape index (κ2) is 7.20. The van der Waals surface area contributed by atoms with Crippen LogP contribution in [0.5, 0.6) is 0 Å². The minimum Gasteiger partial charge on any atom is -0.444 e. The van der Waals surface area contributed by atoms with Gasteiger partial charge in [-0.25, -0.2) is 9.80 Å². The fraction of sp³-hybridized carbons (Fsp3) is 0.833. The van der Waals surface area contributed by atoms with E-state index in [1.807, 2.05) is 6.92 Å². The number of nitrogens with one attached hydrogen (secondary N) is 2. The van der Waals surface area contributed by atoms with Crippen molar-refractivity contribution in [2.45, 2.75) is 52.2 Å². The van der Waals surface area contributed by atoms with E-state index in [0.717, 1.165) is 6.42 Å². The maximum absolute atomic E-state index is 11.8. The fourth-order valence-electron chi connectivity index (χ4n) is 1.31. The van der Waals surface area contributed by atoms with Crippen molar-refractivity contribution >= 4 is 12.0 Å². The van der Waals surface area contributed by atoms with E-state index >= 15 is 0 Å². The molecule has 1 unspecified atom stereocenters. The van der Waals surface area contributed by atoms with Crippen LogP contribution in [0.1, 0.15) is 40.5 Å². The predicted molar refractivity (Wildman–Crippen MR) is 69.9 cm³/mol. The molecule has 0 fully saturated rings. The SMILES string of the molecule is CCCC(NC(=O)OC(C)(C)C)C(=O)NN(C)C. The Balaban J connectivity index is 4.43. The first kappa shape index (κ1) is 16.7. The molecule has 0 saturated carbocycles. The second-order valence-corrected chi connectivity index (χ2v) is 5.36. The van der Waals surface area contributed by atoms with Gasteiger partial charge in [-0.3, -0.25) is 10.2 Å². The fourth-order valence-corrected chi connectivity index (χ4v) is 1.31. The van der Waals surface area contributed by atoms with Crippen molar-refractivity contribution in [3.8, 4) is 0 Å². The number of amides is 2. The molecule has 0 rings (SSSR count). The number of carbonyl (C=O) groups is 2. The van der Waals surface area contributed by atoms with E-state index in [1.54, 1.807) is 39.9 Å². The largest absolute Gasteiger partial charge is 0.444 e. The Morgan fingerprint density at radius 3 is 2.22 bits per heavy atom. The van der Waals surface area contributed by atoms with Gasteiger partial charge in [0.05, 0.1) is 0 Å². The summed E-state index contributed by atoms with van der Waals surface area (Å²) in [4.78, 5) is 23.4. The highest BCUT2D eigenvalue weighted by Gasteiger charge is 2.23. The summed E-state index contributed by atoms with van der Waals surface area (Å²) in [7, 11) is 3.43. The quantitative estimate of drug-likeness (QED) is 0.729. The van der Waals surface area contributed by atoms with Crippen molar-refractivity contribution in [3.05, 3.63) is 0 Å². The van der Waals surface area contributed by atoms with Crippen LogP contribution >= 0.6 is 0 Å². The van der Waals surface area contributed by atoms with E-state index < -0.39 is 17.7 Å². The first-order valence-electron chi connectivity index (χ1n) is 6.13. The lowest BCUT2D eigenvalue weighted by atomic mass is 10.1. The number of hydrogen-bond acceptors (Lipinski definition) is 4. The third kappa shape index (κ3) is 7.89. The summed E-state index contributed by atoms with van der Waals surface area (Å²) in [6.45, 7) is 7.29. The molecule has 0 aromatic rings. The molecule has 0 aromatic heterocycles. The van der Waals surface area contributed by atoms with E-state index in [9.17, 15) is 9.59 Å². The molecule has 2 N–H and O–H groups in total. The molecule has 0 aliphatic heterocycles. The Hall–Kier alpha value is -1.30. The zero-order valence-electron chi connectivity index (χ0n) is 12.2. The molecule has 0 aromatic carbocycles. The lowest BCUT2D eigenvalue weighted by molar-refractivity contribution is -0.127. The first-order valence-corrected chi connectivity index (χ1v) is 6.13. The summed E-state index contributed by atoms with van der Waals surface area (Å²) < 4.78 is 5.13. The lowest BCUT2D eigenvalue weighted by Crippen LogP contribution is -2.51.